The molecule has 314 valence electrons. The van der Waals surface area contributed by atoms with Gasteiger partial charge < -0.3 is 14.2 Å². The van der Waals surface area contributed by atoms with Gasteiger partial charge in [-0.15, -0.1) is 0 Å². The number of hydrogen-bond acceptors (Lipinski definition) is 6. The van der Waals surface area contributed by atoms with Crippen molar-refractivity contribution >= 4 is 17.9 Å². The molecule has 0 saturated carbocycles. The monoisotopic (exact) mass is 751 g/mol. The molecule has 0 saturated heterocycles. The van der Waals surface area contributed by atoms with Crippen LogP contribution in [0.5, 0.6) is 0 Å². The van der Waals surface area contributed by atoms with Crippen LogP contribution in [0, 0.1) is 11.8 Å². The Hall–Kier alpha value is -1.59. The van der Waals surface area contributed by atoms with Crippen molar-refractivity contribution in [1.29, 1.82) is 0 Å². The summed E-state index contributed by atoms with van der Waals surface area (Å²) in [4.78, 5) is 37.4. The van der Waals surface area contributed by atoms with Crippen molar-refractivity contribution in [1.82, 2.24) is 0 Å². The second kappa shape index (κ2) is 40.1. The molecular formula is C47H90O6. The average molecular weight is 751 g/mol. The molecule has 0 aliphatic rings. The molecule has 0 aromatic rings. The lowest BCUT2D eigenvalue weighted by Gasteiger charge is -2.18. The van der Waals surface area contributed by atoms with Gasteiger partial charge in [-0.2, -0.15) is 0 Å². The maximum atomic E-state index is 12.6. The summed E-state index contributed by atoms with van der Waals surface area (Å²) >= 11 is 0. The van der Waals surface area contributed by atoms with E-state index in [4.69, 9.17) is 14.2 Å². The minimum absolute atomic E-state index is 0.0666. The highest BCUT2D eigenvalue weighted by molar-refractivity contribution is 5.71. The zero-order valence-electron chi connectivity index (χ0n) is 36.1. The molecule has 0 aliphatic carbocycles. The number of carbonyl (C=O) groups is 3. The third kappa shape index (κ3) is 41.4. The van der Waals surface area contributed by atoms with Crippen molar-refractivity contribution in [3.63, 3.8) is 0 Å². The molecule has 0 aromatic heterocycles. The molecule has 1 atom stereocenters. The summed E-state index contributed by atoms with van der Waals surface area (Å²) in [7, 11) is 0. The quantitative estimate of drug-likeness (QED) is 0.0352. The van der Waals surface area contributed by atoms with E-state index in [0.29, 0.717) is 19.3 Å². The van der Waals surface area contributed by atoms with Gasteiger partial charge in [0.2, 0.25) is 0 Å². The van der Waals surface area contributed by atoms with Crippen LogP contribution < -0.4 is 0 Å². The Morgan fingerprint density at radius 1 is 0.358 bits per heavy atom. The minimum Gasteiger partial charge on any atom is -0.462 e. The fourth-order valence-electron chi connectivity index (χ4n) is 6.93. The van der Waals surface area contributed by atoms with E-state index in [0.717, 1.165) is 76.0 Å². The highest BCUT2D eigenvalue weighted by Gasteiger charge is 2.19. The summed E-state index contributed by atoms with van der Waals surface area (Å²) in [5.74, 6) is 0.742. The van der Waals surface area contributed by atoms with Crippen LogP contribution in [0.25, 0.3) is 0 Å². The molecule has 6 nitrogen and oxygen atoms in total. The van der Waals surface area contributed by atoms with Crippen LogP contribution in [0.3, 0.4) is 0 Å². The average Bonchev–Trinajstić information content (AvgIpc) is 3.12. The van der Waals surface area contributed by atoms with E-state index in [1.807, 2.05) is 0 Å². The predicted molar refractivity (Wildman–Crippen MR) is 224 cm³/mol. The molecule has 0 bridgehead atoms. The molecule has 0 aromatic carbocycles. The van der Waals surface area contributed by atoms with Crippen LogP contribution in [-0.2, 0) is 28.6 Å². The van der Waals surface area contributed by atoms with Gasteiger partial charge >= 0.3 is 17.9 Å². The molecule has 0 spiro atoms. The molecule has 0 aliphatic heterocycles. The van der Waals surface area contributed by atoms with Gasteiger partial charge in [0, 0.05) is 19.3 Å². The largest absolute Gasteiger partial charge is 0.462 e. The van der Waals surface area contributed by atoms with Crippen molar-refractivity contribution in [2.75, 3.05) is 13.2 Å². The number of ether oxygens (including phenoxy) is 3. The number of esters is 3. The molecule has 0 unspecified atom stereocenters. The smallest absolute Gasteiger partial charge is 0.306 e. The van der Waals surface area contributed by atoms with Crippen molar-refractivity contribution < 1.29 is 28.6 Å². The van der Waals surface area contributed by atoms with Gasteiger partial charge in [0.15, 0.2) is 6.10 Å². The first-order chi connectivity index (χ1) is 25.7. The van der Waals surface area contributed by atoms with E-state index in [2.05, 4.69) is 34.6 Å². The van der Waals surface area contributed by atoms with E-state index in [-0.39, 0.29) is 31.1 Å². The Balaban J connectivity index is 4.03. The van der Waals surface area contributed by atoms with Crippen molar-refractivity contribution in [3.05, 3.63) is 0 Å². The fraction of sp³-hybridized carbons (Fsp3) is 0.936. The molecule has 0 amide bonds. The number of unbranched alkanes of at least 4 members (excludes halogenated alkanes) is 26. The van der Waals surface area contributed by atoms with Gasteiger partial charge in [-0.1, -0.05) is 214 Å². The third-order valence-electron chi connectivity index (χ3n) is 10.5. The van der Waals surface area contributed by atoms with Crippen LogP contribution in [-0.4, -0.2) is 37.2 Å². The predicted octanol–water partition coefficient (Wildman–Crippen LogP) is 14.6. The SMILES string of the molecule is CCCCCCCC(=O)OC[C@H](COC(=O)CCCCCCCCCCCCCCCCCCCCC(C)C)OC(=O)CCCCCCCCC(C)C. The normalized spacial score (nSPS) is 12.1. The molecule has 0 heterocycles. The Kier molecular flexibility index (Phi) is 38.9. The second-order valence-electron chi connectivity index (χ2n) is 17.0. The molecule has 0 fully saturated rings. The van der Waals surface area contributed by atoms with Crippen LogP contribution in [0.4, 0.5) is 0 Å². The lowest BCUT2D eigenvalue weighted by Crippen LogP contribution is -2.30. The molecular weight excluding hydrogens is 661 g/mol. The second-order valence-corrected chi connectivity index (χ2v) is 17.0. The van der Waals surface area contributed by atoms with Crippen LogP contribution in [0.15, 0.2) is 0 Å². The number of carbonyl (C=O) groups excluding carboxylic acids is 3. The Morgan fingerprint density at radius 2 is 0.623 bits per heavy atom. The summed E-state index contributed by atoms with van der Waals surface area (Å²) in [6.45, 7) is 11.2. The Morgan fingerprint density at radius 3 is 0.925 bits per heavy atom. The molecule has 0 radical (unpaired) electrons. The maximum Gasteiger partial charge on any atom is 0.306 e. The Bertz CT molecular complexity index is 809. The van der Waals surface area contributed by atoms with Gasteiger partial charge in [-0.25, -0.2) is 0 Å². The van der Waals surface area contributed by atoms with Crippen molar-refractivity contribution in [3.8, 4) is 0 Å². The van der Waals surface area contributed by atoms with Gasteiger partial charge in [-0.3, -0.25) is 14.4 Å². The first-order valence-corrected chi connectivity index (χ1v) is 23.2. The summed E-state index contributed by atoms with van der Waals surface area (Å²) in [6.07, 6.45) is 38.6. The zero-order chi connectivity index (χ0) is 39.0. The molecule has 53 heavy (non-hydrogen) atoms. The van der Waals surface area contributed by atoms with E-state index >= 15 is 0 Å². The standard InChI is InChI=1S/C47H90O6/c1-6-7-8-25-32-37-45(48)51-40-44(53-47(50)39-34-29-24-23-27-31-36-43(4)5)41-52-46(49)38-33-28-22-20-18-16-14-12-10-9-11-13-15-17-19-21-26-30-35-42(2)3/h42-44H,6-41H2,1-5H3/t44-/m1/s1. The highest BCUT2D eigenvalue weighted by Crippen LogP contribution is 2.17. The van der Waals surface area contributed by atoms with Crippen LogP contribution in [0.2, 0.25) is 0 Å². The fourth-order valence-corrected chi connectivity index (χ4v) is 6.93. The van der Waals surface area contributed by atoms with Crippen molar-refractivity contribution in [2.45, 2.75) is 259 Å². The summed E-state index contributed by atoms with van der Waals surface area (Å²) in [5, 5.41) is 0. The van der Waals surface area contributed by atoms with Gasteiger partial charge in [0.25, 0.3) is 0 Å². The van der Waals surface area contributed by atoms with E-state index in [1.165, 1.54) is 135 Å². The van der Waals surface area contributed by atoms with E-state index in [1.54, 1.807) is 0 Å². The van der Waals surface area contributed by atoms with Gasteiger partial charge in [0.05, 0.1) is 0 Å². The van der Waals surface area contributed by atoms with Gasteiger partial charge in [-0.05, 0) is 31.1 Å². The summed E-state index contributed by atoms with van der Waals surface area (Å²) in [6, 6.07) is 0. The van der Waals surface area contributed by atoms with E-state index in [9.17, 15) is 14.4 Å². The number of rotatable bonds is 41. The number of hydrogen-bond donors (Lipinski definition) is 0. The van der Waals surface area contributed by atoms with Crippen LogP contribution >= 0.6 is 0 Å². The highest BCUT2D eigenvalue weighted by atomic mass is 16.6. The topological polar surface area (TPSA) is 78.9 Å². The summed E-state index contributed by atoms with van der Waals surface area (Å²) < 4.78 is 16.6. The first kappa shape index (κ1) is 51.4. The lowest BCUT2D eigenvalue weighted by molar-refractivity contribution is -0.167. The van der Waals surface area contributed by atoms with Crippen molar-refractivity contribution in [2.24, 2.45) is 11.8 Å². The minimum atomic E-state index is -0.759. The summed E-state index contributed by atoms with van der Waals surface area (Å²) in [5.41, 5.74) is 0. The molecule has 6 heteroatoms. The van der Waals surface area contributed by atoms with Crippen LogP contribution in [0.1, 0.15) is 253 Å². The first-order valence-electron chi connectivity index (χ1n) is 23.2. The molecule has 0 N–H and O–H groups in total. The molecule has 0 rings (SSSR count). The van der Waals surface area contributed by atoms with Gasteiger partial charge in [0.1, 0.15) is 13.2 Å². The Labute approximate surface area is 329 Å². The maximum absolute atomic E-state index is 12.6. The zero-order valence-corrected chi connectivity index (χ0v) is 36.1. The van der Waals surface area contributed by atoms with E-state index < -0.39 is 6.10 Å². The lowest BCUT2D eigenvalue weighted by atomic mass is 10.0. The third-order valence-corrected chi connectivity index (χ3v) is 10.5.